The van der Waals surface area contributed by atoms with Crippen molar-refractivity contribution in [3.8, 4) is 0 Å². The van der Waals surface area contributed by atoms with E-state index < -0.39 is 0 Å². The molecule has 2 aromatic rings. The average molecular weight is 348 g/mol. The number of aromatic amines is 1. The number of nitrogens with zero attached hydrogens (tertiary/aromatic N) is 3. The highest BCUT2D eigenvalue weighted by molar-refractivity contribution is 6.31. The number of H-pyrrole nitrogens is 1. The maximum atomic E-state index is 12.2. The molecular formula is C17H22ClN5O. The molecule has 1 aromatic heterocycles. The van der Waals surface area contributed by atoms with Gasteiger partial charge in [0.15, 0.2) is 0 Å². The van der Waals surface area contributed by atoms with Gasteiger partial charge in [-0.3, -0.25) is 14.6 Å². The Morgan fingerprint density at radius 1 is 1.25 bits per heavy atom. The van der Waals surface area contributed by atoms with Crippen LogP contribution in [0.4, 0.5) is 0 Å². The molecule has 2 aliphatic rings. The number of hydrogen-bond donors (Lipinski definition) is 2. The highest BCUT2D eigenvalue weighted by Crippen LogP contribution is 2.19. The molecule has 0 saturated carbocycles. The second kappa shape index (κ2) is 6.80. The van der Waals surface area contributed by atoms with Gasteiger partial charge in [-0.2, -0.15) is 0 Å². The Kier molecular flexibility index (Phi) is 4.54. The molecule has 2 N–H and O–H groups in total. The zero-order valence-corrected chi connectivity index (χ0v) is 14.4. The molecule has 6 nitrogen and oxygen atoms in total. The lowest BCUT2D eigenvalue weighted by Crippen LogP contribution is -2.49. The quantitative estimate of drug-likeness (QED) is 0.869. The molecule has 0 aliphatic carbocycles. The summed E-state index contributed by atoms with van der Waals surface area (Å²) >= 11 is 5.96. The van der Waals surface area contributed by atoms with Crippen molar-refractivity contribution in [2.45, 2.75) is 19.0 Å². The first-order chi connectivity index (χ1) is 11.7. The van der Waals surface area contributed by atoms with Crippen molar-refractivity contribution in [3.63, 3.8) is 0 Å². The largest absolute Gasteiger partial charge is 0.314 e. The van der Waals surface area contributed by atoms with Crippen LogP contribution in [0.1, 0.15) is 12.2 Å². The molecule has 0 bridgehead atoms. The van der Waals surface area contributed by atoms with Gasteiger partial charge in [0.05, 0.1) is 17.4 Å². The van der Waals surface area contributed by atoms with Gasteiger partial charge in [0.2, 0.25) is 0 Å². The fraction of sp³-hybridized carbons (Fsp3) is 0.529. The topological polar surface area (TPSA) is 64.3 Å². The Balaban J connectivity index is 1.47. The normalized spacial score (nSPS) is 23.1. The van der Waals surface area contributed by atoms with E-state index in [2.05, 4.69) is 25.1 Å². The van der Waals surface area contributed by atoms with E-state index in [4.69, 9.17) is 11.6 Å². The van der Waals surface area contributed by atoms with Crippen molar-refractivity contribution in [3.05, 3.63) is 39.4 Å². The van der Waals surface area contributed by atoms with Gasteiger partial charge in [0, 0.05) is 50.3 Å². The number of likely N-dealkylation sites (tertiary alicyclic amines) is 1. The number of aromatic nitrogens is 2. The zero-order chi connectivity index (χ0) is 16.5. The maximum Gasteiger partial charge on any atom is 0.258 e. The second-order valence-electron chi connectivity index (χ2n) is 6.64. The molecule has 0 spiro atoms. The predicted octanol–water partition coefficient (Wildman–Crippen LogP) is 1.06. The van der Waals surface area contributed by atoms with Crippen LogP contribution in [0.2, 0.25) is 5.02 Å². The third-order valence-corrected chi connectivity index (χ3v) is 5.24. The van der Waals surface area contributed by atoms with Crippen LogP contribution in [0.15, 0.2) is 23.0 Å². The third kappa shape index (κ3) is 3.32. The van der Waals surface area contributed by atoms with Crippen molar-refractivity contribution >= 4 is 22.5 Å². The maximum absolute atomic E-state index is 12.2. The number of nitrogens with one attached hydrogen (secondary N) is 2. The number of halogens is 1. The second-order valence-corrected chi connectivity index (χ2v) is 7.07. The fourth-order valence-electron chi connectivity index (χ4n) is 3.75. The lowest BCUT2D eigenvalue weighted by Gasteiger charge is -2.32. The Morgan fingerprint density at radius 3 is 2.92 bits per heavy atom. The summed E-state index contributed by atoms with van der Waals surface area (Å²) in [5.41, 5.74) is 0.589. The Morgan fingerprint density at radius 2 is 2.08 bits per heavy atom. The van der Waals surface area contributed by atoms with Gasteiger partial charge in [0.25, 0.3) is 5.56 Å². The van der Waals surface area contributed by atoms with Crippen LogP contribution in [-0.4, -0.2) is 65.1 Å². The molecule has 2 saturated heterocycles. The molecule has 24 heavy (non-hydrogen) atoms. The molecule has 7 heteroatoms. The van der Waals surface area contributed by atoms with Crippen LogP contribution < -0.4 is 10.9 Å². The minimum absolute atomic E-state index is 0.115. The van der Waals surface area contributed by atoms with Gasteiger partial charge >= 0.3 is 0 Å². The van der Waals surface area contributed by atoms with E-state index in [9.17, 15) is 4.79 Å². The standard InChI is InChI=1S/C17H22ClN5O/c18-12-1-2-15-14(9-12)17(24)21-16(20-15)11-22-6-3-13(10-22)23-7-4-19-5-8-23/h1-2,9,13,19H,3-8,10-11H2,(H,20,21,24). The monoisotopic (exact) mass is 347 g/mol. The molecule has 1 aromatic carbocycles. The van der Waals surface area contributed by atoms with E-state index in [0.717, 1.165) is 45.1 Å². The van der Waals surface area contributed by atoms with Crippen LogP contribution in [-0.2, 0) is 6.54 Å². The molecule has 2 aliphatic heterocycles. The van der Waals surface area contributed by atoms with Gasteiger partial charge in [-0.1, -0.05) is 11.6 Å². The Bertz CT molecular complexity index is 786. The van der Waals surface area contributed by atoms with Crippen LogP contribution in [0.3, 0.4) is 0 Å². The summed E-state index contributed by atoms with van der Waals surface area (Å²) in [6.07, 6.45) is 1.19. The average Bonchev–Trinajstić information content (AvgIpc) is 3.05. The number of piperazine rings is 1. The number of fused-ring (bicyclic) bond motifs is 1. The summed E-state index contributed by atoms with van der Waals surface area (Å²) in [7, 11) is 0. The SMILES string of the molecule is O=c1[nH]c(CN2CCC(N3CCNCC3)C2)nc2ccc(Cl)cc12. The minimum Gasteiger partial charge on any atom is -0.314 e. The van der Waals surface area contributed by atoms with Crippen molar-refractivity contribution in [2.75, 3.05) is 39.3 Å². The van der Waals surface area contributed by atoms with Gasteiger partial charge in [-0.15, -0.1) is 0 Å². The molecule has 2 fully saturated rings. The van der Waals surface area contributed by atoms with Crippen molar-refractivity contribution in [1.29, 1.82) is 0 Å². The van der Waals surface area contributed by atoms with E-state index in [0.29, 0.717) is 28.5 Å². The summed E-state index contributed by atoms with van der Waals surface area (Å²) in [6, 6.07) is 5.88. The lowest BCUT2D eigenvalue weighted by molar-refractivity contribution is 0.170. The first-order valence-corrected chi connectivity index (χ1v) is 8.92. The number of benzene rings is 1. The highest BCUT2D eigenvalue weighted by atomic mass is 35.5. The first kappa shape index (κ1) is 16.0. The van der Waals surface area contributed by atoms with Gasteiger partial charge < -0.3 is 10.3 Å². The van der Waals surface area contributed by atoms with Gasteiger partial charge in [0.1, 0.15) is 5.82 Å². The number of hydrogen-bond acceptors (Lipinski definition) is 5. The molecule has 1 atom stereocenters. The van der Waals surface area contributed by atoms with E-state index in [-0.39, 0.29) is 5.56 Å². The summed E-state index contributed by atoms with van der Waals surface area (Å²) in [6.45, 7) is 7.21. The molecular weight excluding hydrogens is 326 g/mol. The van der Waals surface area contributed by atoms with Crippen molar-refractivity contribution in [2.24, 2.45) is 0 Å². The van der Waals surface area contributed by atoms with Gasteiger partial charge in [-0.25, -0.2) is 4.98 Å². The number of rotatable bonds is 3. The van der Waals surface area contributed by atoms with Crippen LogP contribution in [0.5, 0.6) is 0 Å². The molecule has 4 rings (SSSR count). The molecule has 128 valence electrons. The Hall–Kier alpha value is -1.47. The van der Waals surface area contributed by atoms with Crippen molar-refractivity contribution in [1.82, 2.24) is 25.1 Å². The summed E-state index contributed by atoms with van der Waals surface area (Å²) in [4.78, 5) is 24.7. The molecule has 0 amide bonds. The van der Waals surface area contributed by atoms with Crippen LogP contribution in [0, 0.1) is 0 Å². The minimum atomic E-state index is -0.115. The summed E-state index contributed by atoms with van der Waals surface area (Å²) in [5.74, 6) is 0.732. The Labute approximate surface area is 145 Å². The smallest absolute Gasteiger partial charge is 0.258 e. The zero-order valence-electron chi connectivity index (χ0n) is 13.6. The first-order valence-electron chi connectivity index (χ1n) is 8.54. The van der Waals surface area contributed by atoms with Gasteiger partial charge in [-0.05, 0) is 24.6 Å². The van der Waals surface area contributed by atoms with E-state index in [1.165, 1.54) is 6.42 Å². The fourth-order valence-corrected chi connectivity index (χ4v) is 3.92. The van der Waals surface area contributed by atoms with E-state index in [1.807, 2.05) is 6.07 Å². The van der Waals surface area contributed by atoms with Crippen molar-refractivity contribution < 1.29 is 0 Å². The van der Waals surface area contributed by atoms with E-state index in [1.54, 1.807) is 12.1 Å². The lowest BCUT2D eigenvalue weighted by atomic mass is 10.2. The van der Waals surface area contributed by atoms with Crippen LogP contribution in [0.25, 0.3) is 10.9 Å². The summed E-state index contributed by atoms with van der Waals surface area (Å²) < 4.78 is 0. The highest BCUT2D eigenvalue weighted by Gasteiger charge is 2.28. The summed E-state index contributed by atoms with van der Waals surface area (Å²) in [5, 5.41) is 4.51. The molecule has 1 unspecified atom stereocenters. The third-order valence-electron chi connectivity index (χ3n) is 5.01. The van der Waals surface area contributed by atoms with Crippen LogP contribution >= 0.6 is 11.6 Å². The molecule has 3 heterocycles. The molecule has 0 radical (unpaired) electrons. The van der Waals surface area contributed by atoms with E-state index >= 15 is 0 Å². The predicted molar refractivity (Wildman–Crippen MR) is 95.5 cm³/mol.